The molecule has 28 heavy (non-hydrogen) atoms. The number of piperidine rings is 2. The van der Waals surface area contributed by atoms with E-state index >= 15 is 0 Å². The first-order valence-electron chi connectivity index (χ1n) is 10.3. The van der Waals surface area contributed by atoms with Crippen LogP contribution in [-0.4, -0.2) is 58.8 Å². The third kappa shape index (κ3) is 3.17. The molecule has 2 fully saturated rings. The molecule has 0 radical (unpaired) electrons. The third-order valence-electron chi connectivity index (χ3n) is 6.28. The Morgan fingerprint density at radius 2 is 2.25 bits per heavy atom. The summed E-state index contributed by atoms with van der Waals surface area (Å²) in [4.78, 5) is 21.9. The number of nitrogens with one attached hydrogen (secondary N) is 2. The molecule has 0 aromatic carbocycles. The predicted molar refractivity (Wildman–Crippen MR) is 107 cm³/mol. The number of thiophene rings is 1. The molecule has 0 bridgehead atoms. The Morgan fingerprint density at radius 3 is 3.04 bits per heavy atom. The lowest BCUT2D eigenvalue weighted by molar-refractivity contribution is -0.0771. The minimum absolute atomic E-state index is 0.153. The molecule has 2 aromatic rings. The molecule has 3 aliphatic heterocycles. The van der Waals surface area contributed by atoms with Gasteiger partial charge in [0.2, 0.25) is 0 Å². The largest absolute Gasteiger partial charge is 0.369 e. The van der Waals surface area contributed by atoms with Gasteiger partial charge in [0.25, 0.3) is 5.91 Å². The van der Waals surface area contributed by atoms with Gasteiger partial charge < -0.3 is 15.0 Å². The van der Waals surface area contributed by atoms with Crippen LogP contribution in [0.2, 0.25) is 0 Å². The number of carbonyl (C=O) groups is 1. The van der Waals surface area contributed by atoms with E-state index in [1.54, 1.807) is 11.3 Å². The lowest BCUT2D eigenvalue weighted by Gasteiger charge is -2.40. The molecular weight excluding hydrogens is 374 g/mol. The summed E-state index contributed by atoms with van der Waals surface area (Å²) >= 11 is 1.66. The van der Waals surface area contributed by atoms with E-state index < -0.39 is 0 Å². The van der Waals surface area contributed by atoms with Crippen LogP contribution in [0.3, 0.4) is 0 Å². The zero-order valence-electron chi connectivity index (χ0n) is 16.3. The second-order valence-corrected chi connectivity index (χ2v) is 9.23. The monoisotopic (exact) mass is 401 g/mol. The van der Waals surface area contributed by atoms with E-state index in [4.69, 9.17) is 4.74 Å². The average molecular weight is 402 g/mol. The number of hydrogen-bond acceptors (Lipinski definition) is 6. The average Bonchev–Trinajstić information content (AvgIpc) is 3.36. The number of rotatable bonds is 2. The second kappa shape index (κ2) is 7.24. The Labute approximate surface area is 168 Å². The summed E-state index contributed by atoms with van der Waals surface area (Å²) < 4.78 is 6.27. The summed E-state index contributed by atoms with van der Waals surface area (Å²) in [6.07, 6.45) is 4.92. The Balaban J connectivity index is 1.37. The van der Waals surface area contributed by atoms with Gasteiger partial charge in [-0.3, -0.25) is 9.89 Å². The van der Waals surface area contributed by atoms with Crippen molar-refractivity contribution in [1.82, 2.24) is 25.4 Å². The highest BCUT2D eigenvalue weighted by molar-refractivity contribution is 7.14. The number of carbonyl (C=O) groups excluding carboxylic acids is 1. The summed E-state index contributed by atoms with van der Waals surface area (Å²) in [6.45, 7) is 6.14. The van der Waals surface area contributed by atoms with E-state index in [0.29, 0.717) is 6.54 Å². The predicted octanol–water partition coefficient (Wildman–Crippen LogP) is 2.35. The lowest BCUT2D eigenvalue weighted by atomic mass is 9.86. The van der Waals surface area contributed by atoms with Gasteiger partial charge in [-0.25, -0.2) is 4.98 Å². The van der Waals surface area contributed by atoms with Crippen molar-refractivity contribution in [1.29, 1.82) is 0 Å². The molecule has 2 aromatic heterocycles. The van der Waals surface area contributed by atoms with E-state index in [0.717, 1.165) is 74.9 Å². The quantitative estimate of drug-likeness (QED) is 0.807. The van der Waals surface area contributed by atoms with E-state index in [-0.39, 0.29) is 17.4 Å². The highest BCUT2D eigenvalue weighted by Gasteiger charge is 2.41. The van der Waals surface area contributed by atoms with Gasteiger partial charge in [-0.1, -0.05) is 0 Å². The number of amides is 1. The number of ether oxygens (including phenoxy) is 1. The Kier molecular flexibility index (Phi) is 4.72. The van der Waals surface area contributed by atoms with Crippen molar-refractivity contribution >= 4 is 17.2 Å². The van der Waals surface area contributed by atoms with Crippen LogP contribution in [0.25, 0.3) is 0 Å². The highest BCUT2D eigenvalue weighted by atomic mass is 32.1. The summed E-state index contributed by atoms with van der Waals surface area (Å²) in [5.74, 6) is 2.04. The number of aryl methyl sites for hydroxylation is 1. The molecule has 150 valence electrons. The summed E-state index contributed by atoms with van der Waals surface area (Å²) in [6, 6.07) is 2.13. The third-order valence-corrected chi connectivity index (χ3v) is 7.63. The van der Waals surface area contributed by atoms with Crippen molar-refractivity contribution in [3.05, 3.63) is 33.0 Å². The molecule has 1 amide bonds. The SMILES string of the molecule is Cc1nc(C2CCCN(C(=O)c3cc4c(s3)C3(CCNCC3)OCC4)C2)n[nH]1. The number of aromatic nitrogens is 3. The van der Waals surface area contributed by atoms with Crippen LogP contribution in [0.15, 0.2) is 6.07 Å². The van der Waals surface area contributed by atoms with Gasteiger partial charge in [0.1, 0.15) is 11.4 Å². The van der Waals surface area contributed by atoms with Gasteiger partial charge in [0.05, 0.1) is 11.5 Å². The molecule has 5 heterocycles. The van der Waals surface area contributed by atoms with Crippen LogP contribution in [-0.2, 0) is 16.8 Å². The minimum atomic E-state index is -0.178. The van der Waals surface area contributed by atoms with Crippen molar-refractivity contribution in [2.75, 3.05) is 32.8 Å². The van der Waals surface area contributed by atoms with Gasteiger partial charge in [0, 0.05) is 23.9 Å². The van der Waals surface area contributed by atoms with Crippen molar-refractivity contribution in [2.45, 2.75) is 50.5 Å². The zero-order valence-corrected chi connectivity index (χ0v) is 17.1. The number of likely N-dealkylation sites (tertiary alicyclic amines) is 1. The molecule has 2 saturated heterocycles. The maximum absolute atomic E-state index is 13.3. The first kappa shape index (κ1) is 18.3. The molecule has 7 nitrogen and oxygen atoms in total. The normalized spacial score (nSPS) is 24.3. The summed E-state index contributed by atoms with van der Waals surface area (Å²) in [5.41, 5.74) is 1.14. The molecule has 1 spiro atoms. The molecular formula is C20H27N5O2S. The number of aromatic amines is 1. The van der Waals surface area contributed by atoms with Gasteiger partial charge >= 0.3 is 0 Å². The molecule has 3 aliphatic rings. The maximum Gasteiger partial charge on any atom is 0.263 e. The zero-order chi connectivity index (χ0) is 19.1. The maximum atomic E-state index is 13.3. The minimum Gasteiger partial charge on any atom is -0.369 e. The van der Waals surface area contributed by atoms with Crippen LogP contribution >= 0.6 is 11.3 Å². The molecule has 8 heteroatoms. The smallest absolute Gasteiger partial charge is 0.263 e. The molecule has 1 unspecified atom stereocenters. The first-order chi connectivity index (χ1) is 13.6. The van der Waals surface area contributed by atoms with Crippen LogP contribution in [0.5, 0.6) is 0 Å². The Morgan fingerprint density at radius 1 is 1.39 bits per heavy atom. The Hall–Kier alpha value is -1.77. The van der Waals surface area contributed by atoms with Crippen LogP contribution in [0.4, 0.5) is 0 Å². The van der Waals surface area contributed by atoms with Crippen molar-refractivity contribution in [2.24, 2.45) is 0 Å². The number of fused-ring (bicyclic) bond motifs is 2. The fraction of sp³-hybridized carbons (Fsp3) is 0.650. The van der Waals surface area contributed by atoms with Gasteiger partial charge in [-0.15, -0.1) is 11.3 Å². The number of nitrogens with zero attached hydrogens (tertiary/aromatic N) is 3. The Bertz CT molecular complexity index is 870. The van der Waals surface area contributed by atoms with E-state index in [1.807, 2.05) is 11.8 Å². The molecule has 0 saturated carbocycles. The lowest BCUT2D eigenvalue weighted by Crippen LogP contribution is -2.44. The van der Waals surface area contributed by atoms with E-state index in [9.17, 15) is 4.79 Å². The van der Waals surface area contributed by atoms with E-state index in [2.05, 4.69) is 26.6 Å². The van der Waals surface area contributed by atoms with E-state index in [1.165, 1.54) is 10.4 Å². The van der Waals surface area contributed by atoms with Crippen molar-refractivity contribution in [3.8, 4) is 0 Å². The fourth-order valence-electron chi connectivity index (χ4n) is 4.80. The molecule has 1 atom stereocenters. The summed E-state index contributed by atoms with van der Waals surface area (Å²) in [5, 5.41) is 10.7. The standard InChI is InChI=1S/C20H27N5O2S/c1-13-22-18(24-23-13)15-3-2-9-25(12-15)19(26)16-11-14-4-10-27-20(17(14)28-16)5-7-21-8-6-20/h11,15,21H,2-10,12H2,1H3,(H,22,23,24). The van der Waals surface area contributed by atoms with Crippen molar-refractivity contribution in [3.63, 3.8) is 0 Å². The summed E-state index contributed by atoms with van der Waals surface area (Å²) in [7, 11) is 0. The number of H-pyrrole nitrogens is 1. The highest BCUT2D eigenvalue weighted by Crippen LogP contribution is 2.44. The second-order valence-electron chi connectivity index (χ2n) is 8.18. The number of hydrogen-bond donors (Lipinski definition) is 2. The van der Waals surface area contributed by atoms with Crippen molar-refractivity contribution < 1.29 is 9.53 Å². The van der Waals surface area contributed by atoms with Crippen LogP contribution < -0.4 is 5.32 Å². The van der Waals surface area contributed by atoms with Crippen LogP contribution in [0, 0.1) is 6.92 Å². The van der Waals surface area contributed by atoms with Crippen LogP contribution in [0.1, 0.15) is 63.4 Å². The molecule has 2 N–H and O–H groups in total. The van der Waals surface area contributed by atoms with Gasteiger partial charge in [0.15, 0.2) is 5.82 Å². The molecule has 5 rings (SSSR count). The van der Waals surface area contributed by atoms with Gasteiger partial charge in [-0.2, -0.15) is 5.10 Å². The topological polar surface area (TPSA) is 83.1 Å². The van der Waals surface area contributed by atoms with Gasteiger partial charge in [-0.05, 0) is 63.7 Å². The molecule has 0 aliphatic carbocycles. The fourth-order valence-corrected chi connectivity index (χ4v) is 6.18. The first-order valence-corrected chi connectivity index (χ1v) is 11.1.